The van der Waals surface area contributed by atoms with Gasteiger partial charge in [0.1, 0.15) is 6.04 Å². The van der Waals surface area contributed by atoms with Gasteiger partial charge in [-0.3, -0.25) is 9.59 Å². The Morgan fingerprint density at radius 2 is 1.80 bits per heavy atom. The third-order valence-corrected chi connectivity index (χ3v) is 3.39. The lowest BCUT2D eigenvalue weighted by Gasteiger charge is -2.17. The summed E-state index contributed by atoms with van der Waals surface area (Å²) in [7, 11) is 0. The third-order valence-electron chi connectivity index (χ3n) is 3.39. The van der Waals surface area contributed by atoms with Gasteiger partial charge >= 0.3 is 0 Å². The van der Waals surface area contributed by atoms with Gasteiger partial charge in [0.05, 0.1) is 0 Å². The summed E-state index contributed by atoms with van der Waals surface area (Å²) in [5.41, 5.74) is 5.54. The Hall–Kier alpha value is -1.10. The molecule has 0 aliphatic carbocycles. The van der Waals surface area contributed by atoms with Gasteiger partial charge in [-0.1, -0.05) is 27.2 Å². The van der Waals surface area contributed by atoms with E-state index in [-0.39, 0.29) is 11.8 Å². The van der Waals surface area contributed by atoms with E-state index in [4.69, 9.17) is 5.73 Å². The third kappa shape index (κ3) is 8.91. The molecule has 0 aliphatic heterocycles. The van der Waals surface area contributed by atoms with Crippen LogP contribution in [0.3, 0.4) is 0 Å². The smallest absolute Gasteiger partial charge is 0.242 e. The first-order valence-electron chi connectivity index (χ1n) is 7.67. The Kier molecular flexibility index (Phi) is 10.1. The predicted octanol–water partition coefficient (Wildman–Crippen LogP) is 1.42. The van der Waals surface area contributed by atoms with E-state index in [1.807, 2.05) is 13.8 Å². The maximum absolute atomic E-state index is 11.8. The van der Waals surface area contributed by atoms with E-state index in [9.17, 15) is 9.59 Å². The number of hydrogen-bond acceptors (Lipinski definition) is 3. The van der Waals surface area contributed by atoms with Crippen molar-refractivity contribution >= 4 is 11.8 Å². The van der Waals surface area contributed by atoms with E-state index in [1.165, 1.54) is 0 Å². The van der Waals surface area contributed by atoms with Crippen LogP contribution in [0.2, 0.25) is 0 Å². The topological polar surface area (TPSA) is 84.2 Å². The normalized spacial score (nSPS) is 13.9. The van der Waals surface area contributed by atoms with E-state index in [0.29, 0.717) is 31.3 Å². The van der Waals surface area contributed by atoms with Gasteiger partial charge in [-0.25, -0.2) is 0 Å². The van der Waals surface area contributed by atoms with Gasteiger partial charge in [0.25, 0.3) is 0 Å². The summed E-state index contributed by atoms with van der Waals surface area (Å²) in [4.78, 5) is 23.5. The van der Waals surface area contributed by atoms with Crippen LogP contribution in [-0.4, -0.2) is 30.9 Å². The largest absolute Gasteiger partial charge is 0.354 e. The molecule has 0 spiro atoms. The molecular formula is C15H31N3O2. The van der Waals surface area contributed by atoms with Crippen molar-refractivity contribution in [2.45, 2.75) is 59.4 Å². The zero-order chi connectivity index (χ0) is 15.5. The minimum Gasteiger partial charge on any atom is -0.354 e. The highest BCUT2D eigenvalue weighted by atomic mass is 16.2. The second-order valence-corrected chi connectivity index (χ2v) is 5.82. The molecule has 2 atom stereocenters. The molecule has 0 aromatic carbocycles. The molecule has 0 radical (unpaired) electrons. The first kappa shape index (κ1) is 18.9. The number of rotatable bonds is 10. The number of amides is 2. The molecule has 118 valence electrons. The summed E-state index contributed by atoms with van der Waals surface area (Å²) in [6.07, 6.45) is 3.28. The molecular weight excluding hydrogens is 254 g/mol. The van der Waals surface area contributed by atoms with Gasteiger partial charge in [0.15, 0.2) is 0 Å². The van der Waals surface area contributed by atoms with Crippen molar-refractivity contribution in [1.29, 1.82) is 0 Å². The number of nitrogens with one attached hydrogen (secondary N) is 2. The van der Waals surface area contributed by atoms with Gasteiger partial charge in [0.2, 0.25) is 11.8 Å². The maximum Gasteiger partial charge on any atom is 0.242 e. The highest BCUT2D eigenvalue weighted by Gasteiger charge is 2.16. The lowest BCUT2D eigenvalue weighted by molar-refractivity contribution is -0.128. The fraction of sp³-hybridized carbons (Fsp3) is 0.867. The second-order valence-electron chi connectivity index (χ2n) is 5.82. The van der Waals surface area contributed by atoms with Crippen molar-refractivity contribution in [1.82, 2.24) is 10.6 Å². The number of nitrogens with two attached hydrogens (primary N) is 1. The first-order chi connectivity index (χ1) is 9.40. The highest BCUT2D eigenvalue weighted by Crippen LogP contribution is 2.14. The molecule has 0 rings (SSSR count). The van der Waals surface area contributed by atoms with Gasteiger partial charge in [-0.2, -0.15) is 0 Å². The number of hydrogen-bond donors (Lipinski definition) is 3. The Bertz CT molecular complexity index is 293. The average Bonchev–Trinajstić information content (AvgIpc) is 2.40. The lowest BCUT2D eigenvalue weighted by atomic mass is 9.96. The second kappa shape index (κ2) is 10.7. The molecule has 20 heavy (non-hydrogen) atoms. The van der Waals surface area contributed by atoms with Crippen LogP contribution in [-0.2, 0) is 9.59 Å². The van der Waals surface area contributed by atoms with Crippen molar-refractivity contribution < 1.29 is 9.59 Å². The van der Waals surface area contributed by atoms with Crippen molar-refractivity contribution in [2.75, 3.05) is 13.1 Å². The molecule has 0 fully saturated rings. The molecule has 2 unspecified atom stereocenters. The van der Waals surface area contributed by atoms with Crippen LogP contribution in [0.4, 0.5) is 0 Å². The molecule has 0 heterocycles. The first-order valence-corrected chi connectivity index (χ1v) is 7.67. The zero-order valence-electron chi connectivity index (χ0n) is 13.4. The average molecular weight is 285 g/mol. The summed E-state index contributed by atoms with van der Waals surface area (Å²) >= 11 is 0. The summed E-state index contributed by atoms with van der Waals surface area (Å²) in [5.74, 6) is 0.716. The monoisotopic (exact) mass is 285 g/mol. The summed E-state index contributed by atoms with van der Waals surface area (Å²) in [6.45, 7) is 9.18. The Balaban J connectivity index is 3.97. The zero-order valence-corrected chi connectivity index (χ0v) is 13.4. The van der Waals surface area contributed by atoms with E-state index in [2.05, 4.69) is 17.6 Å². The van der Waals surface area contributed by atoms with Crippen LogP contribution in [0.15, 0.2) is 0 Å². The van der Waals surface area contributed by atoms with Crippen LogP contribution in [0.5, 0.6) is 0 Å². The van der Waals surface area contributed by atoms with Gasteiger partial charge in [-0.05, 0) is 38.1 Å². The van der Waals surface area contributed by atoms with Crippen molar-refractivity contribution in [3.05, 3.63) is 0 Å². The van der Waals surface area contributed by atoms with E-state index in [0.717, 1.165) is 19.3 Å². The molecule has 5 heteroatoms. The fourth-order valence-electron chi connectivity index (χ4n) is 1.96. The van der Waals surface area contributed by atoms with E-state index < -0.39 is 6.04 Å². The van der Waals surface area contributed by atoms with E-state index in [1.54, 1.807) is 6.92 Å². The Labute approximate surface area is 123 Å². The highest BCUT2D eigenvalue weighted by molar-refractivity contribution is 5.87. The van der Waals surface area contributed by atoms with E-state index >= 15 is 0 Å². The van der Waals surface area contributed by atoms with Crippen molar-refractivity contribution in [3.8, 4) is 0 Å². The SMILES string of the molecule is CCC(CCN)CCC(=O)NC(C)C(=O)NCC(C)C. The van der Waals surface area contributed by atoms with Crippen LogP contribution in [0.25, 0.3) is 0 Å². The fourth-order valence-corrected chi connectivity index (χ4v) is 1.96. The Morgan fingerprint density at radius 3 is 2.30 bits per heavy atom. The molecule has 4 N–H and O–H groups in total. The molecule has 2 amide bonds. The number of carbonyl (C=O) groups is 2. The van der Waals surface area contributed by atoms with Crippen LogP contribution < -0.4 is 16.4 Å². The minimum absolute atomic E-state index is 0.0623. The quantitative estimate of drug-likeness (QED) is 0.567. The van der Waals surface area contributed by atoms with Gasteiger partial charge < -0.3 is 16.4 Å². The summed E-state index contributed by atoms with van der Waals surface area (Å²) < 4.78 is 0. The molecule has 0 aliphatic rings. The van der Waals surface area contributed by atoms with Crippen molar-refractivity contribution in [2.24, 2.45) is 17.6 Å². The summed E-state index contributed by atoms with van der Waals surface area (Å²) in [5, 5.41) is 5.56. The minimum atomic E-state index is -0.476. The Morgan fingerprint density at radius 1 is 1.15 bits per heavy atom. The maximum atomic E-state index is 11.8. The molecule has 0 saturated carbocycles. The van der Waals surface area contributed by atoms with Gasteiger partial charge in [-0.15, -0.1) is 0 Å². The lowest BCUT2D eigenvalue weighted by Crippen LogP contribution is -2.45. The van der Waals surface area contributed by atoms with Crippen LogP contribution >= 0.6 is 0 Å². The molecule has 0 aromatic heterocycles. The molecule has 0 aromatic rings. The molecule has 0 saturated heterocycles. The molecule has 0 bridgehead atoms. The summed E-state index contributed by atoms with van der Waals surface area (Å²) in [6, 6.07) is -0.476. The molecule has 5 nitrogen and oxygen atoms in total. The predicted molar refractivity (Wildman–Crippen MR) is 82.1 cm³/mol. The standard InChI is InChI=1S/C15H31N3O2/c1-5-13(8-9-16)6-7-14(19)18-12(4)15(20)17-10-11(2)3/h11-13H,5-10,16H2,1-4H3,(H,17,20)(H,18,19). The van der Waals surface area contributed by atoms with Crippen LogP contribution in [0.1, 0.15) is 53.4 Å². The van der Waals surface area contributed by atoms with Crippen LogP contribution in [0, 0.1) is 11.8 Å². The number of carbonyl (C=O) groups excluding carboxylic acids is 2. The van der Waals surface area contributed by atoms with Gasteiger partial charge in [0, 0.05) is 13.0 Å². The van der Waals surface area contributed by atoms with Crippen molar-refractivity contribution in [3.63, 3.8) is 0 Å².